The SMILES string of the molecule is [BH3-][P+]1(OCCC#N)OC[C@H]2O[C@@H](n3cnc4c3N=C(CC(=O)C(C)C)CC4=O)[C@H](F)[C@@H]2OP(OCCC#N)OCC2O[C@@H](n3cnc4c(NC(=O)c5ccccc5)ncnc43)[C@H](F)[C@@H]2O1. The van der Waals surface area contributed by atoms with E-state index >= 15 is 8.78 Å². The number of amides is 1. The van der Waals surface area contributed by atoms with Crippen LogP contribution in [0.2, 0.25) is 0 Å². The van der Waals surface area contributed by atoms with Gasteiger partial charge in [0.1, 0.15) is 43.6 Å². The number of Topliss-reactive ketones (excluding diaryl/α,β-unsaturated/α-hetero) is 2. The number of ether oxygens (including phenoxy) is 2. The van der Waals surface area contributed by atoms with E-state index in [0.717, 1.165) is 0 Å². The van der Waals surface area contributed by atoms with Crippen molar-refractivity contribution in [2.24, 2.45) is 10.9 Å². The molecule has 8 rings (SSSR count). The third-order valence-electron chi connectivity index (χ3n) is 10.3. The van der Waals surface area contributed by atoms with Crippen LogP contribution < -0.4 is 5.32 Å². The summed E-state index contributed by atoms with van der Waals surface area (Å²) in [5.41, 5.74) is 0.945. The highest BCUT2D eigenvalue weighted by Gasteiger charge is 2.56. The molecule has 3 unspecified atom stereocenters. The lowest BCUT2D eigenvalue weighted by atomic mass is 9.98. The van der Waals surface area contributed by atoms with Gasteiger partial charge in [-0.1, -0.05) is 32.0 Å². The predicted octanol–water partition coefficient (Wildman–Crippen LogP) is 4.67. The van der Waals surface area contributed by atoms with Crippen molar-refractivity contribution in [3.05, 3.63) is 60.6 Å². The largest absolute Gasteiger partial charge is 0.346 e. The van der Waals surface area contributed by atoms with E-state index in [4.69, 9.17) is 36.6 Å². The van der Waals surface area contributed by atoms with Crippen molar-refractivity contribution in [2.45, 2.75) is 88.7 Å². The minimum absolute atomic E-state index is 0.0133. The smallest absolute Gasteiger partial charge is 0.333 e. The van der Waals surface area contributed by atoms with Gasteiger partial charge in [0, 0.05) is 23.6 Å². The minimum Gasteiger partial charge on any atom is -0.346 e. The Hall–Kier alpha value is -5.10. The second-order valence-corrected chi connectivity index (χ2v) is 17.3. The van der Waals surface area contributed by atoms with Gasteiger partial charge >= 0.3 is 8.60 Å². The third kappa shape index (κ3) is 10.0. The van der Waals surface area contributed by atoms with Crippen LogP contribution in [0.25, 0.3) is 11.2 Å². The van der Waals surface area contributed by atoms with Crippen molar-refractivity contribution < 1.29 is 59.8 Å². The fraction of sp³-hybridized carbons (Fsp3) is 0.487. The molecule has 342 valence electrons. The first kappa shape index (κ1) is 46.4. The summed E-state index contributed by atoms with van der Waals surface area (Å²) in [6, 6.07) is 12.4. The highest BCUT2D eigenvalue weighted by Crippen LogP contribution is 2.62. The lowest BCUT2D eigenvalue weighted by Gasteiger charge is -2.32. The Morgan fingerprint density at radius 1 is 0.985 bits per heavy atom. The maximum atomic E-state index is 17.1. The molecule has 1 amide bonds. The van der Waals surface area contributed by atoms with E-state index in [1.54, 1.807) is 44.2 Å². The Bertz CT molecular complexity index is 2530. The molecule has 65 heavy (non-hydrogen) atoms. The topological polar surface area (TPSA) is 258 Å². The zero-order valence-corrected chi connectivity index (χ0v) is 35.9. The van der Waals surface area contributed by atoms with Crippen molar-refractivity contribution in [3.63, 3.8) is 0 Å². The van der Waals surface area contributed by atoms with Gasteiger partial charge in [-0.25, -0.2) is 47.3 Å². The maximum Gasteiger partial charge on any atom is 0.333 e. The summed E-state index contributed by atoms with van der Waals surface area (Å²) in [5, 5.41) is 21.4. The fourth-order valence-corrected chi connectivity index (χ4v) is 9.38. The van der Waals surface area contributed by atoms with Crippen LogP contribution in [-0.4, -0.2) is 123 Å². The molecule has 3 aromatic heterocycles. The number of nitrogens with zero attached hydrogens (tertiary/aromatic N) is 9. The molecule has 1 N–H and O–H groups in total. The molecule has 26 heteroatoms. The van der Waals surface area contributed by atoms with Crippen LogP contribution in [0.1, 0.15) is 72.8 Å². The van der Waals surface area contributed by atoms with Gasteiger partial charge in [-0.05, 0) is 12.1 Å². The average Bonchev–Trinajstić information content (AvgIpc) is 4.06. The summed E-state index contributed by atoms with van der Waals surface area (Å²) in [6.45, 7) is 2.36. The Morgan fingerprint density at radius 2 is 1.69 bits per heavy atom. The summed E-state index contributed by atoms with van der Waals surface area (Å²) < 4.78 is 86.5. The second-order valence-electron chi connectivity index (χ2n) is 14.9. The molecule has 3 fully saturated rings. The van der Waals surface area contributed by atoms with Crippen LogP contribution in [0.3, 0.4) is 0 Å². The number of benzene rings is 1. The molecule has 21 nitrogen and oxygen atoms in total. The minimum atomic E-state index is -3.41. The van der Waals surface area contributed by atoms with Crippen molar-refractivity contribution >= 4 is 70.0 Å². The fourth-order valence-electron chi connectivity index (χ4n) is 7.06. The normalized spacial score (nSPS) is 29.1. The zero-order valence-electron chi connectivity index (χ0n) is 34.1. The molecule has 0 saturated carbocycles. The van der Waals surface area contributed by atoms with Gasteiger partial charge in [0.05, 0.1) is 57.3 Å². The summed E-state index contributed by atoms with van der Waals surface area (Å²) in [4.78, 5) is 60.4. The Balaban J connectivity index is 1.08. The lowest BCUT2D eigenvalue weighted by molar-refractivity contribution is -0.120. The molecule has 1 aromatic carbocycles. The van der Waals surface area contributed by atoms with E-state index in [9.17, 15) is 24.9 Å². The molecule has 4 aromatic rings. The molecule has 7 heterocycles. The first-order chi connectivity index (χ1) is 31.4. The third-order valence-corrected chi connectivity index (χ3v) is 12.7. The number of nitrogens with one attached hydrogen (secondary N) is 1. The lowest BCUT2D eigenvalue weighted by Crippen LogP contribution is -2.38. The number of nitriles is 2. The average molecular weight is 939 g/mol. The quantitative estimate of drug-likeness (QED) is 0.109. The van der Waals surface area contributed by atoms with Crippen LogP contribution in [0, 0.1) is 28.6 Å². The van der Waals surface area contributed by atoms with Crippen molar-refractivity contribution in [2.75, 3.05) is 31.7 Å². The standard InChI is InChI=1S/C39H43BF2N10O11P2/c1-21(2)24(53)14-23-15-25(54)30-36(49-23)52(19-47-30)38-28(41)32-27(61-38)17-59-65(40,58-13-7-11-44)63-33-26(16-57-64(62-32)56-12-6-10-43)60-39(29(33)42)51-20-48-31-34(45-18-46-35(31)51)50-37(55)22-8-4-3-5-9-22/h3-5,8-9,18-21,26-29,32-33,38-39H,6-7,12-17H2,1-2,40H3,(H,45,46,50,55)/t26?,27-,28-,29-,32-,33-,38-,39-,64?,65?/m1/s1. The molecular weight excluding hydrogens is 895 g/mol. The van der Waals surface area contributed by atoms with Crippen molar-refractivity contribution in [1.29, 1.82) is 10.5 Å². The van der Waals surface area contributed by atoms with Gasteiger partial charge in [0.2, 0.25) is 15.4 Å². The summed E-state index contributed by atoms with van der Waals surface area (Å²) in [7, 11) is -7.06. The van der Waals surface area contributed by atoms with E-state index in [-0.39, 0.29) is 79.1 Å². The molecule has 4 aliphatic rings. The Kier molecular flexibility index (Phi) is 14.4. The van der Waals surface area contributed by atoms with Gasteiger partial charge in [0.25, 0.3) is 5.91 Å². The Morgan fingerprint density at radius 3 is 2.45 bits per heavy atom. The first-order valence-corrected chi connectivity index (χ1v) is 22.2. The van der Waals surface area contributed by atoms with Crippen LogP contribution >= 0.6 is 16.4 Å². The molecule has 0 spiro atoms. The Labute approximate surface area is 372 Å². The maximum absolute atomic E-state index is 17.1. The highest BCUT2D eigenvalue weighted by atomic mass is 31.2. The number of rotatable bonds is 13. The number of ketones is 2. The summed E-state index contributed by atoms with van der Waals surface area (Å²) in [6.07, 6.45) is -8.71. The number of imidazole rings is 2. The zero-order chi connectivity index (χ0) is 45.8. The van der Waals surface area contributed by atoms with E-state index in [1.807, 2.05) is 12.1 Å². The number of fused-ring (bicyclic) bond motifs is 4. The van der Waals surface area contributed by atoms with Crippen LogP contribution in [0.5, 0.6) is 0 Å². The number of aromatic nitrogens is 6. The molecular formula is C39H43BF2N10O11P2. The summed E-state index contributed by atoms with van der Waals surface area (Å²) in [5.74, 6) is -1.17. The van der Waals surface area contributed by atoms with E-state index in [1.165, 1.54) is 28.1 Å². The number of alkyl halides is 2. The van der Waals surface area contributed by atoms with Gasteiger partial charge in [0.15, 0.2) is 65.2 Å². The van der Waals surface area contributed by atoms with E-state index < -0.39 is 98.1 Å². The molecule has 0 bridgehead atoms. The number of hydrogen-bond acceptors (Lipinski definition) is 18. The monoisotopic (exact) mass is 938 g/mol. The number of hydrogen-bond donors (Lipinski definition) is 1. The van der Waals surface area contributed by atoms with Crippen LogP contribution in [0.15, 0.2) is 54.3 Å². The first-order valence-electron chi connectivity index (χ1n) is 20.1. The number of aliphatic imine (C=N–C) groups is 1. The van der Waals surface area contributed by atoms with E-state index in [0.29, 0.717) is 11.3 Å². The number of anilines is 1. The molecule has 0 radical (unpaired) electrons. The second kappa shape index (κ2) is 20.2. The number of carbonyl (C=O) groups excluding carboxylic acids is 3. The van der Waals surface area contributed by atoms with Gasteiger partial charge < -0.3 is 28.4 Å². The number of halogens is 2. The van der Waals surface area contributed by atoms with Crippen LogP contribution in [0.4, 0.5) is 20.4 Å². The van der Waals surface area contributed by atoms with Gasteiger partial charge in [-0.2, -0.15) is 10.5 Å². The van der Waals surface area contributed by atoms with Gasteiger partial charge in [-0.15, -0.1) is 0 Å². The van der Waals surface area contributed by atoms with Crippen molar-refractivity contribution in [3.8, 4) is 12.1 Å². The molecule has 4 aliphatic heterocycles. The molecule has 0 aliphatic carbocycles. The molecule has 3 saturated heterocycles. The predicted molar refractivity (Wildman–Crippen MR) is 228 cm³/mol. The van der Waals surface area contributed by atoms with E-state index in [2.05, 4.69) is 30.2 Å². The number of carbonyl (C=O) groups is 3. The van der Waals surface area contributed by atoms with Crippen LogP contribution in [-0.2, 0) is 41.4 Å². The molecule has 10 atom stereocenters. The summed E-state index contributed by atoms with van der Waals surface area (Å²) >= 11 is 0. The highest BCUT2D eigenvalue weighted by molar-refractivity contribution is 7.85. The van der Waals surface area contributed by atoms with Crippen molar-refractivity contribution in [1.82, 2.24) is 29.1 Å². The van der Waals surface area contributed by atoms with Gasteiger partial charge in [-0.3, -0.25) is 23.5 Å².